The van der Waals surface area contributed by atoms with Gasteiger partial charge in [-0.3, -0.25) is 9.89 Å². The number of nitrogens with one attached hydrogen (secondary N) is 2. The fraction of sp³-hybridized carbons (Fsp3) is 0.375. The van der Waals surface area contributed by atoms with Crippen LogP contribution < -0.4 is 5.32 Å². The quantitative estimate of drug-likeness (QED) is 0.792. The normalized spacial score (nSPS) is 10.5. The summed E-state index contributed by atoms with van der Waals surface area (Å²) in [5.41, 5.74) is 4.19. The number of benzene rings is 1. The first kappa shape index (κ1) is 14.3. The van der Waals surface area contributed by atoms with E-state index in [2.05, 4.69) is 27.6 Å². The van der Waals surface area contributed by atoms with Crippen molar-refractivity contribution in [1.29, 1.82) is 0 Å². The molecule has 0 bridgehead atoms. The summed E-state index contributed by atoms with van der Waals surface area (Å²) in [6, 6.07) is 10.3. The lowest BCUT2D eigenvalue weighted by atomic mass is 10.1. The van der Waals surface area contributed by atoms with Gasteiger partial charge in [-0.25, -0.2) is 0 Å². The highest BCUT2D eigenvalue weighted by molar-refractivity contribution is 5.79. The molecule has 0 radical (unpaired) electrons. The van der Waals surface area contributed by atoms with E-state index < -0.39 is 0 Å². The average molecular weight is 271 g/mol. The lowest BCUT2D eigenvalue weighted by Crippen LogP contribution is -2.26. The third-order valence-electron chi connectivity index (χ3n) is 3.43. The monoisotopic (exact) mass is 271 g/mol. The van der Waals surface area contributed by atoms with Crippen LogP contribution >= 0.6 is 0 Å². The number of carbonyl (C=O) groups is 1. The summed E-state index contributed by atoms with van der Waals surface area (Å²) in [5, 5.41) is 9.97. The number of nitrogens with zero attached hydrogens (tertiary/aromatic N) is 1. The third kappa shape index (κ3) is 3.95. The molecule has 4 heteroatoms. The molecule has 2 aromatic rings. The minimum Gasteiger partial charge on any atom is -0.356 e. The molecule has 20 heavy (non-hydrogen) atoms. The summed E-state index contributed by atoms with van der Waals surface area (Å²) < 4.78 is 0. The molecule has 0 atom stereocenters. The molecular formula is C16H21N3O. The number of aromatic nitrogens is 2. The van der Waals surface area contributed by atoms with Gasteiger partial charge in [-0.2, -0.15) is 5.10 Å². The van der Waals surface area contributed by atoms with Crippen molar-refractivity contribution in [3.63, 3.8) is 0 Å². The molecule has 2 rings (SSSR count). The van der Waals surface area contributed by atoms with E-state index in [1.165, 1.54) is 5.56 Å². The molecule has 4 nitrogen and oxygen atoms in total. The van der Waals surface area contributed by atoms with Crippen molar-refractivity contribution in [3.05, 3.63) is 52.8 Å². The lowest BCUT2D eigenvalue weighted by molar-refractivity contribution is -0.120. The highest BCUT2D eigenvalue weighted by Gasteiger charge is 2.10. The molecule has 1 amide bonds. The van der Waals surface area contributed by atoms with Gasteiger partial charge in [-0.05, 0) is 32.3 Å². The fourth-order valence-corrected chi connectivity index (χ4v) is 2.22. The van der Waals surface area contributed by atoms with Crippen LogP contribution in [-0.2, 0) is 17.6 Å². The molecule has 0 saturated heterocycles. The Kier molecular flexibility index (Phi) is 4.93. The average Bonchev–Trinajstić information content (AvgIpc) is 2.77. The van der Waals surface area contributed by atoms with E-state index in [-0.39, 0.29) is 5.91 Å². The zero-order chi connectivity index (χ0) is 14.4. The summed E-state index contributed by atoms with van der Waals surface area (Å²) in [6.45, 7) is 4.57. The number of carbonyl (C=O) groups excluding carboxylic acids is 1. The molecule has 1 aromatic carbocycles. The SMILES string of the molecule is Cc1n[nH]c(C)c1CC(=O)NCCCc1ccccc1. The maximum atomic E-state index is 11.9. The molecule has 0 unspecified atom stereocenters. The van der Waals surface area contributed by atoms with Crippen molar-refractivity contribution >= 4 is 5.91 Å². The largest absolute Gasteiger partial charge is 0.356 e. The molecule has 0 aliphatic rings. The minimum absolute atomic E-state index is 0.0608. The third-order valence-corrected chi connectivity index (χ3v) is 3.43. The molecule has 0 saturated carbocycles. The number of hydrogen-bond donors (Lipinski definition) is 2. The number of aromatic amines is 1. The summed E-state index contributed by atoms with van der Waals surface area (Å²) in [4.78, 5) is 11.9. The second-order valence-electron chi connectivity index (χ2n) is 5.03. The van der Waals surface area contributed by atoms with Crippen LogP contribution in [0.3, 0.4) is 0 Å². The van der Waals surface area contributed by atoms with E-state index in [0.29, 0.717) is 13.0 Å². The van der Waals surface area contributed by atoms with Gasteiger partial charge in [0.05, 0.1) is 12.1 Å². The maximum absolute atomic E-state index is 11.9. The van der Waals surface area contributed by atoms with Crippen LogP contribution in [0.15, 0.2) is 30.3 Å². The molecule has 0 fully saturated rings. The maximum Gasteiger partial charge on any atom is 0.224 e. The zero-order valence-electron chi connectivity index (χ0n) is 12.1. The fourth-order valence-electron chi connectivity index (χ4n) is 2.22. The van der Waals surface area contributed by atoms with Crippen molar-refractivity contribution in [2.24, 2.45) is 0 Å². The summed E-state index contributed by atoms with van der Waals surface area (Å²) in [7, 11) is 0. The number of rotatable bonds is 6. The van der Waals surface area contributed by atoms with Gasteiger partial charge in [-0.15, -0.1) is 0 Å². The van der Waals surface area contributed by atoms with Crippen LogP contribution in [-0.4, -0.2) is 22.6 Å². The summed E-state index contributed by atoms with van der Waals surface area (Å²) in [5.74, 6) is 0.0608. The number of amides is 1. The Morgan fingerprint density at radius 3 is 2.65 bits per heavy atom. The van der Waals surface area contributed by atoms with E-state index >= 15 is 0 Å². The van der Waals surface area contributed by atoms with Crippen LogP contribution in [0.1, 0.15) is 28.9 Å². The first-order chi connectivity index (χ1) is 9.66. The van der Waals surface area contributed by atoms with E-state index in [1.807, 2.05) is 32.0 Å². The smallest absolute Gasteiger partial charge is 0.224 e. The summed E-state index contributed by atoms with van der Waals surface area (Å²) >= 11 is 0. The molecule has 1 heterocycles. The highest BCUT2D eigenvalue weighted by Crippen LogP contribution is 2.09. The second kappa shape index (κ2) is 6.89. The minimum atomic E-state index is 0.0608. The van der Waals surface area contributed by atoms with Crippen molar-refractivity contribution in [3.8, 4) is 0 Å². The van der Waals surface area contributed by atoms with Crippen molar-refractivity contribution in [1.82, 2.24) is 15.5 Å². The van der Waals surface area contributed by atoms with E-state index in [9.17, 15) is 4.79 Å². The summed E-state index contributed by atoms with van der Waals surface area (Å²) in [6.07, 6.45) is 2.35. The number of aryl methyl sites for hydroxylation is 3. The topological polar surface area (TPSA) is 57.8 Å². The van der Waals surface area contributed by atoms with Crippen LogP contribution in [0.4, 0.5) is 0 Å². The molecule has 2 N–H and O–H groups in total. The van der Waals surface area contributed by atoms with Crippen LogP contribution in [0.25, 0.3) is 0 Å². The lowest BCUT2D eigenvalue weighted by Gasteiger charge is -2.05. The van der Waals surface area contributed by atoms with Gasteiger partial charge in [0.15, 0.2) is 0 Å². The molecular weight excluding hydrogens is 250 g/mol. The van der Waals surface area contributed by atoms with Crippen molar-refractivity contribution < 1.29 is 4.79 Å². The van der Waals surface area contributed by atoms with E-state index in [1.54, 1.807) is 0 Å². The Bertz CT molecular complexity index is 541. The van der Waals surface area contributed by atoms with Gasteiger partial charge >= 0.3 is 0 Å². The van der Waals surface area contributed by atoms with Crippen LogP contribution in [0.2, 0.25) is 0 Å². The van der Waals surface area contributed by atoms with E-state index in [0.717, 1.165) is 29.8 Å². The number of H-pyrrole nitrogens is 1. The Morgan fingerprint density at radius 2 is 2.00 bits per heavy atom. The first-order valence-electron chi connectivity index (χ1n) is 6.98. The Morgan fingerprint density at radius 1 is 1.25 bits per heavy atom. The first-order valence-corrected chi connectivity index (χ1v) is 6.98. The molecule has 106 valence electrons. The van der Waals surface area contributed by atoms with Gasteiger partial charge in [0.1, 0.15) is 0 Å². The Balaban J connectivity index is 1.71. The highest BCUT2D eigenvalue weighted by atomic mass is 16.1. The Hall–Kier alpha value is -2.10. The molecule has 0 aliphatic carbocycles. The van der Waals surface area contributed by atoms with Crippen LogP contribution in [0.5, 0.6) is 0 Å². The van der Waals surface area contributed by atoms with Gasteiger partial charge in [0.25, 0.3) is 0 Å². The predicted octanol–water partition coefficient (Wildman–Crippen LogP) is 2.32. The number of hydrogen-bond acceptors (Lipinski definition) is 2. The van der Waals surface area contributed by atoms with E-state index in [4.69, 9.17) is 0 Å². The van der Waals surface area contributed by atoms with Gasteiger partial charge in [0, 0.05) is 17.8 Å². The van der Waals surface area contributed by atoms with Crippen LogP contribution in [0, 0.1) is 13.8 Å². The van der Waals surface area contributed by atoms with Crippen molar-refractivity contribution in [2.45, 2.75) is 33.1 Å². The molecule has 0 aliphatic heterocycles. The molecule has 0 spiro atoms. The van der Waals surface area contributed by atoms with Gasteiger partial charge < -0.3 is 5.32 Å². The Labute approximate surface area is 119 Å². The van der Waals surface area contributed by atoms with Crippen molar-refractivity contribution in [2.75, 3.05) is 6.54 Å². The predicted molar refractivity (Wildman–Crippen MR) is 79.5 cm³/mol. The zero-order valence-corrected chi connectivity index (χ0v) is 12.1. The standard InChI is InChI=1S/C16H21N3O/c1-12-15(13(2)19-18-12)11-16(20)17-10-6-9-14-7-4-3-5-8-14/h3-5,7-8H,6,9-11H2,1-2H3,(H,17,20)(H,18,19). The van der Waals surface area contributed by atoms with Gasteiger partial charge in [0.2, 0.25) is 5.91 Å². The second-order valence-corrected chi connectivity index (χ2v) is 5.03. The molecule has 1 aromatic heterocycles. The van der Waals surface area contributed by atoms with Gasteiger partial charge in [-0.1, -0.05) is 30.3 Å².